The first kappa shape index (κ1) is 8.55. The molecule has 4 nitrogen and oxygen atoms in total. The van der Waals surface area contributed by atoms with Crippen LogP contribution in [-0.2, 0) is 0 Å². The fraction of sp³-hybridized carbons (Fsp3) is 0. The summed E-state index contributed by atoms with van der Waals surface area (Å²) >= 11 is 0. The maximum Gasteiger partial charge on any atom is 0.295 e. The summed E-state index contributed by atoms with van der Waals surface area (Å²) in [6.07, 6.45) is 0. The van der Waals surface area contributed by atoms with Gasteiger partial charge < -0.3 is 0 Å². The summed E-state index contributed by atoms with van der Waals surface area (Å²) in [7, 11) is 0. The standard InChI is InChI=1S/C9H5FN2O2/c10-8-5-4-6-2-1-3-7(12(13)14)9(6)11-8/h1-5H. The van der Waals surface area contributed by atoms with Crippen LogP contribution in [0.4, 0.5) is 10.1 Å². The maximum absolute atomic E-state index is 12.7. The monoisotopic (exact) mass is 192 g/mol. The Balaban J connectivity index is 2.84. The number of hydrogen-bond donors (Lipinski definition) is 0. The molecule has 0 fully saturated rings. The van der Waals surface area contributed by atoms with Crippen molar-refractivity contribution in [2.75, 3.05) is 0 Å². The molecule has 0 atom stereocenters. The number of nitro benzene ring substituents is 1. The third-order valence-corrected chi connectivity index (χ3v) is 1.86. The van der Waals surface area contributed by atoms with Gasteiger partial charge in [-0.25, -0.2) is 4.98 Å². The summed E-state index contributed by atoms with van der Waals surface area (Å²) in [5.41, 5.74) is -0.0977. The zero-order chi connectivity index (χ0) is 10.1. The van der Waals surface area contributed by atoms with Crippen LogP contribution in [0.15, 0.2) is 30.3 Å². The van der Waals surface area contributed by atoms with Crippen LogP contribution < -0.4 is 0 Å². The highest BCUT2D eigenvalue weighted by Gasteiger charge is 2.12. The highest BCUT2D eigenvalue weighted by atomic mass is 19.1. The fourth-order valence-corrected chi connectivity index (χ4v) is 1.25. The molecule has 70 valence electrons. The number of rotatable bonds is 1. The quantitative estimate of drug-likeness (QED) is 0.395. The van der Waals surface area contributed by atoms with Crippen LogP contribution in [0.3, 0.4) is 0 Å². The van der Waals surface area contributed by atoms with Crippen LogP contribution in [0.25, 0.3) is 10.9 Å². The first-order chi connectivity index (χ1) is 6.68. The van der Waals surface area contributed by atoms with Crippen LogP contribution >= 0.6 is 0 Å². The number of hydrogen-bond acceptors (Lipinski definition) is 3. The van der Waals surface area contributed by atoms with Crippen molar-refractivity contribution in [3.05, 3.63) is 46.4 Å². The van der Waals surface area contributed by atoms with Crippen molar-refractivity contribution >= 4 is 16.6 Å². The van der Waals surface area contributed by atoms with Crippen molar-refractivity contribution in [2.24, 2.45) is 0 Å². The van der Waals surface area contributed by atoms with Crippen molar-refractivity contribution in [3.8, 4) is 0 Å². The average Bonchev–Trinajstić information content (AvgIpc) is 2.16. The van der Waals surface area contributed by atoms with Crippen LogP contribution in [0.2, 0.25) is 0 Å². The average molecular weight is 192 g/mol. The van der Waals surface area contributed by atoms with E-state index in [-0.39, 0.29) is 11.2 Å². The largest absolute Gasteiger partial charge is 0.295 e. The molecule has 2 aromatic rings. The fourth-order valence-electron chi connectivity index (χ4n) is 1.25. The van der Waals surface area contributed by atoms with Crippen LogP contribution in [-0.4, -0.2) is 9.91 Å². The van der Waals surface area contributed by atoms with E-state index in [0.29, 0.717) is 5.39 Å². The van der Waals surface area contributed by atoms with E-state index >= 15 is 0 Å². The van der Waals surface area contributed by atoms with Gasteiger partial charge in [0.15, 0.2) is 5.52 Å². The highest BCUT2D eigenvalue weighted by Crippen LogP contribution is 2.22. The molecule has 0 saturated heterocycles. The van der Waals surface area contributed by atoms with Crippen molar-refractivity contribution in [1.82, 2.24) is 4.98 Å². The minimum atomic E-state index is -0.716. The van der Waals surface area contributed by atoms with Crippen molar-refractivity contribution in [1.29, 1.82) is 0 Å². The maximum atomic E-state index is 12.7. The number of benzene rings is 1. The molecule has 0 amide bonds. The number of nitro groups is 1. The lowest BCUT2D eigenvalue weighted by Gasteiger charge is -1.97. The third-order valence-electron chi connectivity index (χ3n) is 1.86. The van der Waals surface area contributed by atoms with Crippen LogP contribution in [0.1, 0.15) is 0 Å². The Labute approximate surface area is 78.2 Å². The molecule has 1 aromatic carbocycles. The Morgan fingerprint density at radius 1 is 1.29 bits per heavy atom. The number of fused-ring (bicyclic) bond motifs is 1. The van der Waals surface area contributed by atoms with Crippen molar-refractivity contribution in [3.63, 3.8) is 0 Å². The highest BCUT2D eigenvalue weighted by molar-refractivity contribution is 5.86. The molecule has 0 aliphatic rings. The van der Waals surface area contributed by atoms with Crippen molar-refractivity contribution in [2.45, 2.75) is 0 Å². The van der Waals surface area contributed by atoms with Gasteiger partial charge in [0.05, 0.1) is 4.92 Å². The van der Waals surface area contributed by atoms with E-state index in [1.54, 1.807) is 12.1 Å². The second-order valence-electron chi connectivity index (χ2n) is 2.74. The topological polar surface area (TPSA) is 56.0 Å². The lowest BCUT2D eigenvalue weighted by atomic mass is 10.2. The summed E-state index contributed by atoms with van der Waals surface area (Å²) in [6, 6.07) is 7.13. The molecule has 0 spiro atoms. The molecule has 0 aliphatic heterocycles. The first-order valence-corrected chi connectivity index (χ1v) is 3.88. The summed E-state index contributed by atoms with van der Waals surface area (Å²) in [4.78, 5) is 13.5. The Morgan fingerprint density at radius 2 is 2.07 bits per heavy atom. The number of non-ortho nitro benzene ring substituents is 1. The van der Waals surface area contributed by atoms with Gasteiger partial charge in [0.2, 0.25) is 5.95 Å². The van der Waals surface area contributed by atoms with Crippen molar-refractivity contribution < 1.29 is 9.31 Å². The van der Waals surface area contributed by atoms with Crippen LogP contribution in [0, 0.1) is 16.1 Å². The zero-order valence-electron chi connectivity index (χ0n) is 6.98. The van der Waals surface area contributed by atoms with Gasteiger partial charge in [0.1, 0.15) is 0 Å². The van der Waals surface area contributed by atoms with E-state index in [1.807, 2.05) is 0 Å². The van der Waals surface area contributed by atoms with E-state index in [1.165, 1.54) is 18.2 Å². The first-order valence-electron chi connectivity index (χ1n) is 3.88. The predicted molar refractivity (Wildman–Crippen MR) is 48.4 cm³/mol. The predicted octanol–water partition coefficient (Wildman–Crippen LogP) is 2.28. The van der Waals surface area contributed by atoms with Gasteiger partial charge in [0.25, 0.3) is 5.69 Å². The molecule has 14 heavy (non-hydrogen) atoms. The summed E-state index contributed by atoms with van der Waals surface area (Å²) in [6.45, 7) is 0. The van der Waals surface area contributed by atoms with Crippen LogP contribution in [0.5, 0.6) is 0 Å². The zero-order valence-corrected chi connectivity index (χ0v) is 6.98. The summed E-state index contributed by atoms with van der Waals surface area (Å²) in [5.74, 6) is -0.716. The van der Waals surface area contributed by atoms with Gasteiger partial charge in [-0.15, -0.1) is 0 Å². The smallest absolute Gasteiger partial charge is 0.258 e. The Kier molecular flexibility index (Phi) is 1.85. The van der Waals surface area contributed by atoms with Gasteiger partial charge in [-0.1, -0.05) is 12.1 Å². The minimum Gasteiger partial charge on any atom is -0.258 e. The van der Waals surface area contributed by atoms with Gasteiger partial charge in [0, 0.05) is 11.5 Å². The molecule has 0 aliphatic carbocycles. The lowest BCUT2D eigenvalue weighted by molar-refractivity contribution is -0.383. The van der Waals surface area contributed by atoms with E-state index < -0.39 is 10.9 Å². The van der Waals surface area contributed by atoms with Gasteiger partial charge in [-0.3, -0.25) is 10.1 Å². The minimum absolute atomic E-state index is 0.0810. The summed E-state index contributed by atoms with van der Waals surface area (Å²) in [5, 5.41) is 11.1. The Bertz CT molecular complexity index is 513. The lowest BCUT2D eigenvalue weighted by Crippen LogP contribution is -1.92. The molecular formula is C9H5FN2O2. The number of nitrogens with zero attached hydrogens (tertiary/aromatic N) is 2. The molecule has 0 bridgehead atoms. The molecule has 1 aromatic heterocycles. The second kappa shape index (κ2) is 3.02. The van der Waals surface area contributed by atoms with E-state index in [9.17, 15) is 14.5 Å². The number of aromatic nitrogens is 1. The van der Waals surface area contributed by atoms with Gasteiger partial charge in [-0.2, -0.15) is 4.39 Å². The van der Waals surface area contributed by atoms with E-state index in [2.05, 4.69) is 4.98 Å². The number of halogens is 1. The molecule has 0 N–H and O–H groups in total. The van der Waals surface area contributed by atoms with Gasteiger partial charge >= 0.3 is 0 Å². The number of pyridine rings is 1. The SMILES string of the molecule is O=[N+]([O-])c1cccc2ccc(F)nc12. The molecule has 5 heteroatoms. The third kappa shape index (κ3) is 1.28. The molecular weight excluding hydrogens is 187 g/mol. The normalized spacial score (nSPS) is 10.4. The molecule has 1 heterocycles. The second-order valence-corrected chi connectivity index (χ2v) is 2.74. The Hall–Kier alpha value is -2.04. The van der Waals surface area contributed by atoms with Gasteiger partial charge in [-0.05, 0) is 12.1 Å². The van der Waals surface area contributed by atoms with E-state index in [4.69, 9.17) is 0 Å². The van der Waals surface area contributed by atoms with E-state index in [0.717, 1.165) is 0 Å². The molecule has 0 unspecified atom stereocenters. The molecule has 0 saturated carbocycles. The Morgan fingerprint density at radius 3 is 2.79 bits per heavy atom. The molecule has 0 radical (unpaired) electrons. The summed E-state index contributed by atoms with van der Waals surface area (Å²) < 4.78 is 12.7. The molecule has 2 rings (SSSR count). The number of para-hydroxylation sites is 1.